The highest BCUT2D eigenvalue weighted by Crippen LogP contribution is 2.26. The number of aromatic nitrogens is 1. The molecule has 188 valence electrons. The summed E-state index contributed by atoms with van der Waals surface area (Å²) in [5.74, 6) is 0.948. The Morgan fingerprint density at radius 2 is 1.83 bits per heavy atom. The molecule has 0 aliphatic carbocycles. The van der Waals surface area contributed by atoms with Gasteiger partial charge in [-0.1, -0.05) is 30.3 Å². The third-order valence-corrected chi connectivity index (χ3v) is 8.33. The number of carbonyl (C=O) groups excluding carboxylic acids is 1. The lowest BCUT2D eigenvalue weighted by Gasteiger charge is -2.34. The summed E-state index contributed by atoms with van der Waals surface area (Å²) in [6, 6.07) is 19.3. The van der Waals surface area contributed by atoms with Gasteiger partial charge in [-0.25, -0.2) is 4.98 Å². The Balaban J connectivity index is 1.02. The van der Waals surface area contributed by atoms with E-state index >= 15 is 0 Å². The summed E-state index contributed by atoms with van der Waals surface area (Å²) in [7, 11) is 2.17. The van der Waals surface area contributed by atoms with Crippen LogP contribution in [0.25, 0.3) is 10.1 Å². The van der Waals surface area contributed by atoms with Gasteiger partial charge in [0.05, 0.1) is 5.01 Å². The van der Waals surface area contributed by atoms with E-state index in [4.69, 9.17) is 4.74 Å². The van der Waals surface area contributed by atoms with Gasteiger partial charge in [-0.15, -0.1) is 22.7 Å². The summed E-state index contributed by atoms with van der Waals surface area (Å²) in [5.41, 5.74) is 1.85. The molecule has 3 heterocycles. The molecule has 36 heavy (non-hydrogen) atoms. The zero-order valence-corrected chi connectivity index (χ0v) is 22.5. The first kappa shape index (κ1) is 24.9. The molecule has 0 bridgehead atoms. The number of hydrogen-bond donors (Lipinski definition) is 0. The van der Waals surface area contributed by atoms with Crippen LogP contribution in [0, 0.1) is 6.92 Å². The number of hydrogen-bond acceptors (Lipinski definition) is 7. The van der Waals surface area contributed by atoms with Gasteiger partial charge in [0.1, 0.15) is 18.1 Å². The fourth-order valence-corrected chi connectivity index (χ4v) is 6.26. The van der Waals surface area contributed by atoms with Crippen molar-refractivity contribution in [1.82, 2.24) is 19.7 Å². The number of fused-ring (bicyclic) bond motifs is 1. The van der Waals surface area contributed by atoms with E-state index in [2.05, 4.69) is 76.4 Å². The Morgan fingerprint density at radius 3 is 2.56 bits per heavy atom. The molecule has 8 heteroatoms. The van der Waals surface area contributed by atoms with Crippen molar-refractivity contribution in [1.29, 1.82) is 0 Å². The largest absolute Gasteiger partial charge is 0.492 e. The standard InChI is InChI=1S/C28H32N4O2S2/c1-21-29-26(20-35-21)28(33)32-13-11-31(12-14-32)15-16-34-24-9-7-22(8-10-24)18-30(2)19-25-17-23-5-3-4-6-27(23)36-25/h3-10,17,20H,11-16,18-19H2,1-2H3. The Bertz CT molecular complexity index is 1260. The van der Waals surface area contributed by atoms with Crippen molar-refractivity contribution in [3.63, 3.8) is 0 Å². The van der Waals surface area contributed by atoms with Gasteiger partial charge >= 0.3 is 0 Å². The van der Waals surface area contributed by atoms with Gasteiger partial charge in [-0.2, -0.15) is 0 Å². The number of thiophene rings is 1. The van der Waals surface area contributed by atoms with Crippen LogP contribution in [-0.4, -0.2) is 72.0 Å². The lowest BCUT2D eigenvalue weighted by Crippen LogP contribution is -2.49. The number of carbonyl (C=O) groups is 1. The molecule has 1 aliphatic heterocycles. The van der Waals surface area contributed by atoms with Gasteiger partial charge in [0.2, 0.25) is 0 Å². The highest BCUT2D eigenvalue weighted by molar-refractivity contribution is 7.19. The van der Waals surface area contributed by atoms with E-state index in [1.54, 1.807) is 0 Å². The average molecular weight is 521 g/mol. The molecule has 5 rings (SSSR count). The second-order valence-electron chi connectivity index (χ2n) is 9.30. The second kappa shape index (κ2) is 11.5. The lowest BCUT2D eigenvalue weighted by atomic mass is 10.2. The number of thiazole rings is 1. The normalized spacial score (nSPS) is 14.6. The molecule has 4 aromatic rings. The van der Waals surface area contributed by atoms with Crippen LogP contribution in [0.1, 0.15) is 25.9 Å². The third kappa shape index (κ3) is 6.31. The van der Waals surface area contributed by atoms with E-state index in [-0.39, 0.29) is 5.91 Å². The van der Waals surface area contributed by atoms with E-state index in [1.807, 2.05) is 28.5 Å². The van der Waals surface area contributed by atoms with Gasteiger partial charge < -0.3 is 9.64 Å². The maximum absolute atomic E-state index is 12.6. The van der Waals surface area contributed by atoms with Crippen LogP contribution in [0.3, 0.4) is 0 Å². The number of rotatable bonds is 9. The first-order chi connectivity index (χ1) is 17.5. The van der Waals surface area contributed by atoms with Gasteiger partial charge in [0, 0.05) is 60.8 Å². The number of benzene rings is 2. The smallest absolute Gasteiger partial charge is 0.273 e. The van der Waals surface area contributed by atoms with Crippen LogP contribution in [0.5, 0.6) is 5.75 Å². The SMILES string of the molecule is Cc1nc(C(=O)N2CCN(CCOc3ccc(CN(C)Cc4cc5ccccc5s4)cc3)CC2)cs1. The molecule has 0 radical (unpaired) electrons. The number of amides is 1. The average Bonchev–Trinajstić information content (AvgIpc) is 3.50. The molecule has 2 aromatic carbocycles. The highest BCUT2D eigenvalue weighted by atomic mass is 32.1. The van der Waals surface area contributed by atoms with Gasteiger partial charge in [0.15, 0.2) is 0 Å². The van der Waals surface area contributed by atoms with Crippen molar-refractivity contribution < 1.29 is 9.53 Å². The van der Waals surface area contributed by atoms with Crippen LogP contribution >= 0.6 is 22.7 Å². The van der Waals surface area contributed by atoms with Crippen LogP contribution in [0.15, 0.2) is 60.0 Å². The molecule has 6 nitrogen and oxygen atoms in total. The molecule has 1 fully saturated rings. The predicted octanol–water partition coefficient (Wildman–Crippen LogP) is 5.14. The van der Waals surface area contributed by atoms with E-state index in [1.165, 1.54) is 31.9 Å². The third-order valence-electron chi connectivity index (χ3n) is 6.45. The molecule has 0 atom stereocenters. The highest BCUT2D eigenvalue weighted by Gasteiger charge is 2.23. The predicted molar refractivity (Wildman–Crippen MR) is 148 cm³/mol. The molecular formula is C28H32N4O2S2. The minimum atomic E-state index is 0.0461. The minimum absolute atomic E-state index is 0.0461. The molecule has 0 spiro atoms. The Hall–Kier alpha value is -2.78. The number of aryl methyl sites for hydroxylation is 1. The van der Waals surface area contributed by atoms with Crippen molar-refractivity contribution in [2.24, 2.45) is 0 Å². The number of piperazine rings is 1. The van der Waals surface area contributed by atoms with Crippen LogP contribution in [-0.2, 0) is 13.1 Å². The van der Waals surface area contributed by atoms with Crippen molar-refractivity contribution in [2.75, 3.05) is 46.4 Å². The lowest BCUT2D eigenvalue weighted by molar-refractivity contribution is 0.0615. The van der Waals surface area contributed by atoms with Crippen molar-refractivity contribution in [2.45, 2.75) is 20.0 Å². The molecule has 2 aromatic heterocycles. The summed E-state index contributed by atoms with van der Waals surface area (Å²) in [4.78, 5) is 24.9. The Morgan fingerprint density at radius 1 is 1.06 bits per heavy atom. The fourth-order valence-electron chi connectivity index (χ4n) is 4.53. The van der Waals surface area contributed by atoms with E-state index < -0.39 is 0 Å². The summed E-state index contributed by atoms with van der Waals surface area (Å²) in [6.45, 7) is 8.48. The summed E-state index contributed by atoms with van der Waals surface area (Å²) >= 11 is 3.40. The molecule has 0 N–H and O–H groups in total. The summed E-state index contributed by atoms with van der Waals surface area (Å²) in [5, 5.41) is 4.11. The molecule has 0 saturated carbocycles. The monoisotopic (exact) mass is 520 g/mol. The van der Waals surface area contributed by atoms with Crippen LogP contribution in [0.2, 0.25) is 0 Å². The molecular weight excluding hydrogens is 488 g/mol. The summed E-state index contributed by atoms with van der Waals surface area (Å²) < 4.78 is 7.35. The molecule has 1 saturated heterocycles. The van der Waals surface area contributed by atoms with E-state index in [0.29, 0.717) is 12.3 Å². The maximum atomic E-state index is 12.6. The van der Waals surface area contributed by atoms with Gasteiger partial charge in [0.25, 0.3) is 5.91 Å². The first-order valence-electron chi connectivity index (χ1n) is 12.3. The molecule has 1 amide bonds. The van der Waals surface area contributed by atoms with Crippen molar-refractivity contribution in [3.8, 4) is 5.75 Å². The zero-order chi connectivity index (χ0) is 24.9. The zero-order valence-electron chi connectivity index (χ0n) is 20.9. The van der Waals surface area contributed by atoms with Gasteiger partial charge in [-0.3, -0.25) is 14.6 Å². The van der Waals surface area contributed by atoms with Gasteiger partial charge in [-0.05, 0) is 49.2 Å². The van der Waals surface area contributed by atoms with E-state index in [9.17, 15) is 4.79 Å². The van der Waals surface area contributed by atoms with Crippen molar-refractivity contribution >= 4 is 38.7 Å². The second-order valence-corrected chi connectivity index (χ2v) is 11.5. The molecule has 0 unspecified atom stereocenters. The minimum Gasteiger partial charge on any atom is -0.492 e. The number of ether oxygens (including phenoxy) is 1. The van der Waals surface area contributed by atoms with E-state index in [0.717, 1.165) is 56.6 Å². The van der Waals surface area contributed by atoms with Crippen molar-refractivity contribution in [3.05, 3.63) is 81.1 Å². The topological polar surface area (TPSA) is 48.9 Å². The van der Waals surface area contributed by atoms with Crippen LogP contribution < -0.4 is 4.74 Å². The number of nitrogens with zero attached hydrogens (tertiary/aromatic N) is 4. The quantitative estimate of drug-likeness (QED) is 0.306. The Labute approximate surface area is 220 Å². The maximum Gasteiger partial charge on any atom is 0.273 e. The van der Waals surface area contributed by atoms with Crippen LogP contribution in [0.4, 0.5) is 0 Å². The fraction of sp³-hybridized carbons (Fsp3) is 0.357. The molecule has 1 aliphatic rings. The Kier molecular flexibility index (Phi) is 7.96. The summed E-state index contributed by atoms with van der Waals surface area (Å²) in [6.07, 6.45) is 0. The first-order valence-corrected chi connectivity index (χ1v) is 14.0.